The highest BCUT2D eigenvalue weighted by Gasteiger charge is 2.20. The Morgan fingerprint density at radius 3 is 2.81 bits per heavy atom. The molecule has 1 saturated heterocycles. The highest BCUT2D eigenvalue weighted by molar-refractivity contribution is 5.97. The Bertz CT molecular complexity index is 1000. The van der Waals surface area contributed by atoms with Gasteiger partial charge in [-0.3, -0.25) is 4.79 Å². The summed E-state index contributed by atoms with van der Waals surface area (Å²) < 4.78 is 5.48. The van der Waals surface area contributed by atoms with Gasteiger partial charge in [-0.05, 0) is 38.1 Å². The Balaban J connectivity index is 1.70. The van der Waals surface area contributed by atoms with Crippen LogP contribution in [-0.2, 0) is 4.74 Å². The lowest BCUT2D eigenvalue weighted by atomic mass is 10.1. The van der Waals surface area contributed by atoms with Gasteiger partial charge < -0.3 is 15.4 Å². The fourth-order valence-corrected chi connectivity index (χ4v) is 3.33. The smallest absolute Gasteiger partial charge is 0.248 e. The summed E-state index contributed by atoms with van der Waals surface area (Å²) in [6.07, 6.45) is 1.79. The number of rotatable bonds is 3. The minimum absolute atomic E-state index is 0.295. The van der Waals surface area contributed by atoms with Gasteiger partial charge in [-0.2, -0.15) is 0 Å². The molecule has 2 aromatic heterocycles. The van der Waals surface area contributed by atoms with Gasteiger partial charge in [0.15, 0.2) is 5.82 Å². The predicted octanol–water partition coefficient (Wildman–Crippen LogP) is 2.32. The monoisotopic (exact) mass is 363 g/mol. The molecule has 1 aliphatic rings. The van der Waals surface area contributed by atoms with Crippen molar-refractivity contribution in [3.8, 4) is 11.4 Å². The zero-order valence-corrected chi connectivity index (χ0v) is 15.3. The van der Waals surface area contributed by atoms with Crippen LogP contribution in [0.3, 0.4) is 0 Å². The lowest BCUT2D eigenvalue weighted by Gasteiger charge is -2.34. The number of morpholine rings is 1. The number of aromatic nitrogens is 3. The Kier molecular flexibility index (Phi) is 4.45. The molecule has 1 aromatic carbocycles. The van der Waals surface area contributed by atoms with Crippen molar-refractivity contribution in [2.45, 2.75) is 19.9 Å². The first-order valence-electron chi connectivity index (χ1n) is 8.92. The minimum Gasteiger partial charge on any atom is -0.377 e. The Morgan fingerprint density at radius 2 is 2.11 bits per heavy atom. The van der Waals surface area contributed by atoms with Crippen LogP contribution in [-0.4, -0.2) is 46.7 Å². The number of pyridine rings is 1. The van der Waals surface area contributed by atoms with E-state index in [1.165, 1.54) is 0 Å². The second-order valence-electron chi connectivity index (χ2n) is 6.75. The second kappa shape index (κ2) is 6.92. The second-order valence-corrected chi connectivity index (χ2v) is 6.75. The van der Waals surface area contributed by atoms with Gasteiger partial charge in [0.2, 0.25) is 5.91 Å². The SMILES string of the molecule is Cc1nc(-c2ccc(N3CCOC[C@@H]3C)nc2)nc2cc(C(N)=O)ccc12. The van der Waals surface area contributed by atoms with Gasteiger partial charge in [0.1, 0.15) is 5.82 Å². The maximum Gasteiger partial charge on any atom is 0.248 e. The van der Waals surface area contributed by atoms with Gasteiger partial charge in [0.05, 0.1) is 24.8 Å². The van der Waals surface area contributed by atoms with Gasteiger partial charge in [-0.1, -0.05) is 6.07 Å². The number of amides is 1. The summed E-state index contributed by atoms with van der Waals surface area (Å²) in [4.78, 5) is 27.5. The molecule has 0 unspecified atom stereocenters. The highest BCUT2D eigenvalue weighted by atomic mass is 16.5. The number of benzene rings is 1. The number of primary amides is 1. The number of hydrogen-bond donors (Lipinski definition) is 1. The maximum atomic E-state index is 11.5. The van der Waals surface area contributed by atoms with Crippen LogP contribution in [0.2, 0.25) is 0 Å². The van der Waals surface area contributed by atoms with E-state index in [-0.39, 0.29) is 0 Å². The van der Waals surface area contributed by atoms with Crippen molar-refractivity contribution in [1.82, 2.24) is 15.0 Å². The van der Waals surface area contributed by atoms with E-state index >= 15 is 0 Å². The van der Waals surface area contributed by atoms with Gasteiger partial charge in [-0.25, -0.2) is 15.0 Å². The number of nitrogens with zero attached hydrogens (tertiary/aromatic N) is 4. The number of ether oxygens (including phenoxy) is 1. The van der Waals surface area contributed by atoms with E-state index in [2.05, 4.69) is 26.8 Å². The van der Waals surface area contributed by atoms with Crippen LogP contribution in [0.4, 0.5) is 5.82 Å². The number of hydrogen-bond acceptors (Lipinski definition) is 6. The van der Waals surface area contributed by atoms with Crippen LogP contribution in [0.1, 0.15) is 23.0 Å². The normalized spacial score (nSPS) is 17.3. The fourth-order valence-electron chi connectivity index (χ4n) is 3.33. The number of carbonyl (C=O) groups is 1. The zero-order chi connectivity index (χ0) is 19.0. The van der Waals surface area contributed by atoms with Crippen LogP contribution in [0.25, 0.3) is 22.3 Å². The summed E-state index contributed by atoms with van der Waals surface area (Å²) >= 11 is 0. The van der Waals surface area contributed by atoms with Crippen molar-refractivity contribution < 1.29 is 9.53 Å². The molecule has 3 heterocycles. The molecule has 1 amide bonds. The molecule has 7 heteroatoms. The van der Waals surface area contributed by atoms with E-state index < -0.39 is 5.91 Å². The molecule has 0 bridgehead atoms. The molecule has 0 spiro atoms. The molecule has 7 nitrogen and oxygen atoms in total. The van der Waals surface area contributed by atoms with E-state index in [0.29, 0.717) is 36.2 Å². The molecule has 0 radical (unpaired) electrons. The third-order valence-corrected chi connectivity index (χ3v) is 4.84. The molecule has 1 atom stereocenters. The van der Waals surface area contributed by atoms with E-state index in [1.54, 1.807) is 18.3 Å². The van der Waals surface area contributed by atoms with Crippen molar-refractivity contribution in [3.63, 3.8) is 0 Å². The van der Waals surface area contributed by atoms with Crippen LogP contribution in [0, 0.1) is 6.92 Å². The summed E-state index contributed by atoms with van der Waals surface area (Å²) in [7, 11) is 0. The number of carbonyl (C=O) groups excluding carboxylic acids is 1. The molecule has 1 fully saturated rings. The molecule has 27 heavy (non-hydrogen) atoms. The van der Waals surface area contributed by atoms with Gasteiger partial charge >= 0.3 is 0 Å². The van der Waals surface area contributed by atoms with E-state index in [4.69, 9.17) is 10.5 Å². The molecule has 1 aliphatic heterocycles. The van der Waals surface area contributed by atoms with Crippen molar-refractivity contribution in [2.75, 3.05) is 24.7 Å². The first kappa shape index (κ1) is 17.4. The summed E-state index contributed by atoms with van der Waals surface area (Å²) in [6.45, 7) is 6.30. The Morgan fingerprint density at radius 1 is 1.26 bits per heavy atom. The first-order valence-corrected chi connectivity index (χ1v) is 8.92. The molecule has 0 saturated carbocycles. The van der Waals surface area contributed by atoms with Crippen molar-refractivity contribution in [3.05, 3.63) is 47.8 Å². The van der Waals surface area contributed by atoms with Crippen molar-refractivity contribution >= 4 is 22.6 Å². The number of fused-ring (bicyclic) bond motifs is 1. The van der Waals surface area contributed by atoms with Crippen molar-refractivity contribution in [2.24, 2.45) is 5.73 Å². The summed E-state index contributed by atoms with van der Waals surface area (Å²) in [5, 5.41) is 0.899. The van der Waals surface area contributed by atoms with E-state index in [9.17, 15) is 4.79 Å². The number of anilines is 1. The van der Waals surface area contributed by atoms with Gasteiger partial charge in [0, 0.05) is 34.9 Å². The zero-order valence-electron chi connectivity index (χ0n) is 15.3. The van der Waals surface area contributed by atoms with Gasteiger partial charge in [-0.15, -0.1) is 0 Å². The summed E-state index contributed by atoms with van der Waals surface area (Å²) in [6, 6.07) is 9.48. The fraction of sp³-hybridized carbons (Fsp3) is 0.300. The van der Waals surface area contributed by atoms with E-state index in [1.807, 2.05) is 25.1 Å². The number of aryl methyl sites for hydroxylation is 1. The molecule has 138 valence electrons. The van der Waals surface area contributed by atoms with Gasteiger partial charge in [0.25, 0.3) is 0 Å². The molecular formula is C20H21N5O2. The van der Waals surface area contributed by atoms with E-state index in [0.717, 1.165) is 29.0 Å². The minimum atomic E-state index is -0.472. The van der Waals surface area contributed by atoms with Crippen LogP contribution in [0.15, 0.2) is 36.5 Å². The predicted molar refractivity (Wildman–Crippen MR) is 104 cm³/mol. The lowest BCUT2D eigenvalue weighted by molar-refractivity contribution is 0.0985. The lowest BCUT2D eigenvalue weighted by Crippen LogP contribution is -2.44. The molecular weight excluding hydrogens is 342 g/mol. The summed E-state index contributed by atoms with van der Waals surface area (Å²) in [5.74, 6) is 1.03. The average molecular weight is 363 g/mol. The topological polar surface area (TPSA) is 94.2 Å². The molecule has 2 N–H and O–H groups in total. The average Bonchev–Trinajstić information content (AvgIpc) is 2.68. The highest BCUT2D eigenvalue weighted by Crippen LogP contribution is 2.24. The quantitative estimate of drug-likeness (QED) is 0.767. The van der Waals surface area contributed by atoms with Crippen molar-refractivity contribution in [1.29, 1.82) is 0 Å². The third kappa shape index (κ3) is 3.33. The van der Waals surface area contributed by atoms with Crippen LogP contribution in [0.5, 0.6) is 0 Å². The molecule has 4 rings (SSSR count). The van der Waals surface area contributed by atoms with Crippen LogP contribution >= 0.6 is 0 Å². The first-order chi connectivity index (χ1) is 13.0. The summed E-state index contributed by atoms with van der Waals surface area (Å²) in [5.41, 5.74) is 8.18. The largest absolute Gasteiger partial charge is 0.377 e. The molecule has 0 aliphatic carbocycles. The Hall–Kier alpha value is -3.06. The standard InChI is InChI=1S/C20H21N5O2/c1-12-11-27-8-7-25(12)18-6-4-15(10-22-18)20-23-13(2)16-5-3-14(19(21)26)9-17(16)24-20/h3-6,9-10,12H,7-8,11H2,1-2H3,(H2,21,26)/t12-/m0/s1. The maximum absolute atomic E-state index is 11.5. The third-order valence-electron chi connectivity index (χ3n) is 4.84. The van der Waals surface area contributed by atoms with Crippen LogP contribution < -0.4 is 10.6 Å². The Labute approximate surface area is 157 Å². The number of nitrogens with two attached hydrogens (primary N) is 1. The molecule has 3 aromatic rings.